The third-order valence-corrected chi connectivity index (χ3v) is 4.00. The van der Waals surface area contributed by atoms with Gasteiger partial charge in [0.15, 0.2) is 4.77 Å². The van der Waals surface area contributed by atoms with Gasteiger partial charge >= 0.3 is 0 Å². The van der Waals surface area contributed by atoms with E-state index >= 15 is 0 Å². The molecule has 110 valence electrons. The molecule has 0 unspecified atom stereocenters. The van der Waals surface area contributed by atoms with Crippen molar-refractivity contribution in [3.8, 4) is 11.3 Å². The van der Waals surface area contributed by atoms with Gasteiger partial charge in [-0.1, -0.05) is 60.1 Å². The van der Waals surface area contributed by atoms with Gasteiger partial charge in [0.2, 0.25) is 0 Å². The average Bonchev–Trinajstić information content (AvgIpc) is 2.52. The van der Waals surface area contributed by atoms with Crippen LogP contribution in [0.5, 0.6) is 0 Å². The van der Waals surface area contributed by atoms with E-state index in [1.807, 2.05) is 54.6 Å². The van der Waals surface area contributed by atoms with Gasteiger partial charge in [0.1, 0.15) is 0 Å². The van der Waals surface area contributed by atoms with Crippen molar-refractivity contribution in [3.05, 3.63) is 85.9 Å². The quantitative estimate of drug-likeness (QED) is 0.702. The van der Waals surface area contributed by atoms with Crippen molar-refractivity contribution < 1.29 is 0 Å². The normalized spacial score (nSPS) is 10.6. The number of rotatable bonds is 3. The van der Waals surface area contributed by atoms with Gasteiger partial charge in [-0.15, -0.1) is 0 Å². The van der Waals surface area contributed by atoms with Crippen molar-refractivity contribution in [2.45, 2.75) is 6.42 Å². The molecule has 22 heavy (non-hydrogen) atoms. The molecule has 3 aromatic rings. The minimum Gasteiger partial charge on any atom is -0.331 e. The Kier molecular flexibility index (Phi) is 4.22. The summed E-state index contributed by atoms with van der Waals surface area (Å²) in [6.07, 6.45) is 0.436. The Morgan fingerprint density at radius 1 is 0.955 bits per heavy atom. The van der Waals surface area contributed by atoms with Crippen LogP contribution in [0.15, 0.2) is 59.4 Å². The van der Waals surface area contributed by atoms with E-state index in [1.54, 1.807) is 0 Å². The fraction of sp³-hybridized carbons (Fsp3) is 0.0588. The summed E-state index contributed by atoms with van der Waals surface area (Å²) in [4.78, 5) is 18.1. The predicted octanol–water partition coefficient (Wildman–Crippen LogP) is 4.34. The van der Waals surface area contributed by atoms with Crippen molar-refractivity contribution in [2.24, 2.45) is 0 Å². The number of hydrogen-bond acceptors (Lipinski definition) is 2. The zero-order valence-electron chi connectivity index (χ0n) is 11.6. The largest absolute Gasteiger partial charge is 0.331 e. The van der Waals surface area contributed by atoms with Crippen LogP contribution in [0.1, 0.15) is 11.1 Å². The van der Waals surface area contributed by atoms with Gasteiger partial charge in [0.25, 0.3) is 5.56 Å². The van der Waals surface area contributed by atoms with Crippen LogP contribution < -0.4 is 5.56 Å². The topological polar surface area (TPSA) is 48.6 Å². The first-order chi connectivity index (χ1) is 10.6. The molecule has 0 aliphatic heterocycles. The lowest BCUT2D eigenvalue weighted by Crippen LogP contribution is -2.16. The van der Waals surface area contributed by atoms with Crippen LogP contribution >= 0.6 is 23.8 Å². The molecule has 0 aliphatic rings. The molecule has 1 aromatic heterocycles. The zero-order valence-corrected chi connectivity index (χ0v) is 13.2. The summed E-state index contributed by atoms with van der Waals surface area (Å²) in [6.45, 7) is 0. The van der Waals surface area contributed by atoms with E-state index < -0.39 is 0 Å². The van der Waals surface area contributed by atoms with E-state index in [-0.39, 0.29) is 5.56 Å². The Labute approximate surface area is 137 Å². The summed E-state index contributed by atoms with van der Waals surface area (Å²) in [5, 5.41) is 0.642. The van der Waals surface area contributed by atoms with E-state index in [1.165, 1.54) is 0 Å². The molecule has 3 rings (SSSR count). The average molecular weight is 329 g/mol. The van der Waals surface area contributed by atoms with Gasteiger partial charge in [-0.05, 0) is 29.4 Å². The Bertz CT molecular complexity index is 916. The molecule has 2 aromatic carbocycles. The molecule has 1 heterocycles. The van der Waals surface area contributed by atoms with Crippen molar-refractivity contribution in [2.75, 3.05) is 0 Å². The first-order valence-corrected chi connectivity index (χ1v) is 7.58. The van der Waals surface area contributed by atoms with Crippen molar-refractivity contribution >= 4 is 23.8 Å². The second-order valence-electron chi connectivity index (χ2n) is 4.90. The minimum atomic E-state index is -0.192. The van der Waals surface area contributed by atoms with Gasteiger partial charge in [-0.3, -0.25) is 9.78 Å². The first-order valence-electron chi connectivity index (χ1n) is 6.79. The van der Waals surface area contributed by atoms with Crippen molar-refractivity contribution in [1.82, 2.24) is 9.97 Å². The Balaban J connectivity index is 2.17. The number of aromatic amines is 2. The summed E-state index contributed by atoms with van der Waals surface area (Å²) in [6, 6.07) is 17.2. The lowest BCUT2D eigenvalue weighted by Gasteiger charge is -2.10. The van der Waals surface area contributed by atoms with E-state index in [9.17, 15) is 4.79 Å². The molecule has 0 saturated heterocycles. The summed E-state index contributed by atoms with van der Waals surface area (Å²) >= 11 is 11.3. The van der Waals surface area contributed by atoms with Crippen LogP contribution in [0.2, 0.25) is 5.02 Å². The second kappa shape index (κ2) is 6.30. The summed E-state index contributed by atoms with van der Waals surface area (Å²) in [5.41, 5.74) is 2.98. The molecule has 5 heteroatoms. The molecule has 3 nitrogen and oxygen atoms in total. The summed E-state index contributed by atoms with van der Waals surface area (Å²) in [7, 11) is 0. The van der Waals surface area contributed by atoms with Gasteiger partial charge in [-0.25, -0.2) is 0 Å². The highest BCUT2D eigenvalue weighted by molar-refractivity contribution is 7.71. The minimum absolute atomic E-state index is 0.192. The van der Waals surface area contributed by atoms with Crippen molar-refractivity contribution in [1.29, 1.82) is 0 Å². The van der Waals surface area contributed by atoms with Crippen molar-refractivity contribution in [3.63, 3.8) is 0 Å². The monoisotopic (exact) mass is 328 g/mol. The number of H-pyrrole nitrogens is 2. The highest BCUT2D eigenvalue weighted by Crippen LogP contribution is 2.23. The SMILES string of the molecule is O=c1[nH]c(=S)[nH]c(-c2ccccc2)c1Cc1ccccc1Cl. The lowest BCUT2D eigenvalue weighted by molar-refractivity contribution is 1.01. The number of nitrogens with one attached hydrogen (secondary N) is 2. The Hall–Kier alpha value is -2.17. The maximum absolute atomic E-state index is 12.4. The maximum atomic E-state index is 12.4. The summed E-state index contributed by atoms with van der Waals surface area (Å²) in [5.74, 6) is 0. The fourth-order valence-corrected chi connectivity index (χ4v) is 2.76. The Morgan fingerprint density at radius 3 is 2.36 bits per heavy atom. The van der Waals surface area contributed by atoms with Gasteiger partial charge in [0, 0.05) is 17.0 Å². The fourth-order valence-electron chi connectivity index (χ4n) is 2.36. The van der Waals surface area contributed by atoms with Crippen LogP contribution in [-0.2, 0) is 6.42 Å². The molecular formula is C17H13ClN2OS. The van der Waals surface area contributed by atoms with Crippen LogP contribution in [0, 0.1) is 4.77 Å². The zero-order chi connectivity index (χ0) is 15.5. The molecule has 0 atom stereocenters. The molecule has 2 N–H and O–H groups in total. The molecule has 0 radical (unpaired) electrons. The van der Waals surface area contributed by atoms with Crippen LogP contribution in [0.4, 0.5) is 0 Å². The highest BCUT2D eigenvalue weighted by atomic mass is 35.5. The molecule has 0 bridgehead atoms. The molecule has 0 aliphatic carbocycles. The Morgan fingerprint density at radius 2 is 1.64 bits per heavy atom. The maximum Gasteiger partial charge on any atom is 0.255 e. The van der Waals surface area contributed by atoms with Crippen LogP contribution in [0.25, 0.3) is 11.3 Å². The van der Waals surface area contributed by atoms with Crippen LogP contribution in [0.3, 0.4) is 0 Å². The number of benzene rings is 2. The number of halogens is 1. The molecule has 0 saturated carbocycles. The second-order valence-corrected chi connectivity index (χ2v) is 5.71. The summed E-state index contributed by atoms with van der Waals surface area (Å²) < 4.78 is 0.312. The smallest absolute Gasteiger partial charge is 0.255 e. The van der Waals surface area contributed by atoms with Gasteiger partial charge < -0.3 is 4.98 Å². The van der Waals surface area contributed by atoms with Crippen LogP contribution in [-0.4, -0.2) is 9.97 Å². The number of aromatic nitrogens is 2. The molecule has 0 spiro atoms. The third kappa shape index (κ3) is 3.03. The lowest BCUT2D eigenvalue weighted by atomic mass is 10.0. The van der Waals surface area contributed by atoms with E-state index in [0.717, 1.165) is 16.8 Å². The molecule has 0 amide bonds. The van der Waals surface area contributed by atoms with E-state index in [2.05, 4.69) is 9.97 Å². The van der Waals surface area contributed by atoms with Gasteiger partial charge in [0.05, 0.1) is 5.69 Å². The number of hydrogen-bond donors (Lipinski definition) is 2. The highest BCUT2D eigenvalue weighted by Gasteiger charge is 2.12. The standard InChI is InChI=1S/C17H13ClN2OS/c18-14-9-5-4-8-12(14)10-13-15(11-6-2-1-3-7-11)19-17(22)20-16(13)21/h1-9H,10H2,(H2,19,20,21,22). The predicted molar refractivity (Wildman–Crippen MR) is 91.9 cm³/mol. The first kappa shape index (κ1) is 14.8. The third-order valence-electron chi connectivity index (χ3n) is 3.43. The van der Waals surface area contributed by atoms with Gasteiger partial charge in [-0.2, -0.15) is 0 Å². The molecule has 0 fully saturated rings. The van der Waals surface area contributed by atoms with E-state index in [0.29, 0.717) is 21.8 Å². The molecular weight excluding hydrogens is 316 g/mol. The van der Waals surface area contributed by atoms with E-state index in [4.69, 9.17) is 23.8 Å².